The minimum absolute atomic E-state index is 0.0822. The van der Waals surface area contributed by atoms with Gasteiger partial charge in [0.2, 0.25) is 11.8 Å². The Balaban J connectivity index is 1.53. The lowest BCUT2D eigenvalue weighted by atomic mass is 9.85. The quantitative estimate of drug-likeness (QED) is 0.524. The maximum absolute atomic E-state index is 12.3. The summed E-state index contributed by atoms with van der Waals surface area (Å²) in [6.07, 6.45) is 7.26. The molecule has 138 valence electrons. The molecule has 1 aromatic rings. The Morgan fingerprint density at radius 1 is 1.28 bits per heavy atom. The number of carbonyl (C=O) groups excluding carboxylic acids is 1. The normalized spacial score (nSPS) is 21.4. The Kier molecular flexibility index (Phi) is 6.36. The first-order chi connectivity index (χ1) is 12.1. The molecule has 3 N–H and O–H groups in total. The van der Waals surface area contributed by atoms with E-state index in [2.05, 4.69) is 15.3 Å². The molecule has 0 bridgehead atoms. The lowest BCUT2D eigenvalue weighted by molar-refractivity contribution is -0.119. The van der Waals surface area contributed by atoms with Gasteiger partial charge >= 0.3 is 0 Å². The Hall–Kier alpha value is -1.54. The number of aromatic hydroxyl groups is 1. The molecule has 8 heteroatoms. The second-order valence-corrected chi connectivity index (χ2v) is 7.64. The monoisotopic (exact) mass is 367 g/mol. The van der Waals surface area contributed by atoms with Crippen LogP contribution >= 0.6 is 11.8 Å². The van der Waals surface area contributed by atoms with Gasteiger partial charge in [0.05, 0.1) is 17.4 Å². The fraction of sp³-hybridized carbons (Fsp3) is 0.706. The van der Waals surface area contributed by atoms with Crippen molar-refractivity contribution < 1.29 is 14.6 Å². The molecule has 0 aromatic carbocycles. The average Bonchev–Trinajstić information content (AvgIpc) is 3.12. The molecule has 1 saturated heterocycles. The van der Waals surface area contributed by atoms with Gasteiger partial charge in [-0.15, -0.1) is 0 Å². The smallest absolute Gasteiger partial charge is 0.258 e. The Morgan fingerprint density at radius 2 is 2.08 bits per heavy atom. The van der Waals surface area contributed by atoms with Crippen molar-refractivity contribution in [1.82, 2.24) is 15.3 Å². The lowest BCUT2D eigenvalue weighted by Gasteiger charge is -2.21. The molecule has 0 spiro atoms. The van der Waals surface area contributed by atoms with Crippen LogP contribution in [0.2, 0.25) is 0 Å². The SMILES string of the molecule is O=C(CSc1nc(O)c(C2CCCCC2)c(=O)[nH]1)NC[C@@H]1CCCO1. The van der Waals surface area contributed by atoms with Gasteiger partial charge in [-0.25, -0.2) is 0 Å². The molecule has 1 aromatic heterocycles. The van der Waals surface area contributed by atoms with Crippen molar-refractivity contribution in [3.63, 3.8) is 0 Å². The second-order valence-electron chi connectivity index (χ2n) is 6.67. The van der Waals surface area contributed by atoms with Crippen LogP contribution in [0.1, 0.15) is 56.4 Å². The van der Waals surface area contributed by atoms with E-state index in [1.54, 1.807) is 0 Å². The van der Waals surface area contributed by atoms with Crippen LogP contribution in [0.15, 0.2) is 9.95 Å². The summed E-state index contributed by atoms with van der Waals surface area (Å²) >= 11 is 1.12. The number of nitrogens with zero attached hydrogens (tertiary/aromatic N) is 1. The first-order valence-corrected chi connectivity index (χ1v) is 9.96. The second kappa shape index (κ2) is 8.71. The Bertz CT molecular complexity index is 652. The van der Waals surface area contributed by atoms with E-state index in [0.29, 0.717) is 12.1 Å². The number of amides is 1. The molecule has 1 atom stereocenters. The van der Waals surface area contributed by atoms with Crippen LogP contribution in [0.4, 0.5) is 0 Å². The largest absolute Gasteiger partial charge is 0.493 e. The number of carbonyl (C=O) groups is 1. The van der Waals surface area contributed by atoms with Crippen LogP contribution in [0, 0.1) is 0 Å². The van der Waals surface area contributed by atoms with Crippen molar-refractivity contribution in [3.05, 3.63) is 15.9 Å². The maximum atomic E-state index is 12.3. The zero-order chi connectivity index (χ0) is 17.6. The summed E-state index contributed by atoms with van der Waals surface area (Å²) in [5, 5.41) is 13.3. The third-order valence-corrected chi connectivity index (χ3v) is 5.69. The van der Waals surface area contributed by atoms with Gasteiger partial charge in [-0.05, 0) is 31.6 Å². The van der Waals surface area contributed by atoms with Crippen LogP contribution in [-0.4, -0.2) is 46.0 Å². The fourth-order valence-corrected chi connectivity index (χ4v) is 4.18. The zero-order valence-corrected chi connectivity index (χ0v) is 15.1. The standard InChI is InChI=1S/C17H25N3O4S/c21-13(18-9-12-7-4-8-24-12)10-25-17-19-15(22)14(16(23)20-17)11-5-2-1-3-6-11/h11-12H,1-10H2,(H,18,21)(H2,19,20,22,23)/t12-/m0/s1. The van der Waals surface area contributed by atoms with Gasteiger partial charge in [0.15, 0.2) is 5.16 Å². The number of H-pyrrole nitrogens is 1. The third kappa shape index (κ3) is 4.98. The zero-order valence-electron chi connectivity index (χ0n) is 14.3. The number of ether oxygens (including phenoxy) is 1. The van der Waals surface area contributed by atoms with Gasteiger partial charge in [-0.3, -0.25) is 9.59 Å². The number of hydrogen-bond donors (Lipinski definition) is 3. The molecule has 2 fully saturated rings. The molecular formula is C17H25N3O4S. The molecule has 1 amide bonds. The molecule has 1 aliphatic carbocycles. The molecule has 7 nitrogen and oxygen atoms in total. The number of thioether (sulfide) groups is 1. The summed E-state index contributed by atoms with van der Waals surface area (Å²) in [7, 11) is 0. The Morgan fingerprint density at radius 3 is 2.76 bits per heavy atom. The number of rotatable bonds is 6. The van der Waals surface area contributed by atoms with Crippen molar-refractivity contribution in [1.29, 1.82) is 0 Å². The minimum atomic E-state index is -0.290. The first kappa shape index (κ1) is 18.3. The van der Waals surface area contributed by atoms with E-state index >= 15 is 0 Å². The highest BCUT2D eigenvalue weighted by Crippen LogP contribution is 2.34. The summed E-state index contributed by atoms with van der Waals surface area (Å²) < 4.78 is 5.45. The molecule has 0 radical (unpaired) electrons. The molecular weight excluding hydrogens is 342 g/mol. The van der Waals surface area contributed by atoms with Gasteiger partial charge in [-0.2, -0.15) is 4.98 Å². The summed E-state index contributed by atoms with van der Waals surface area (Å²) in [6, 6.07) is 0. The molecule has 0 unspecified atom stereocenters. The van der Waals surface area contributed by atoms with E-state index < -0.39 is 0 Å². The fourth-order valence-electron chi connectivity index (χ4n) is 3.50. The molecule has 1 aliphatic heterocycles. The van der Waals surface area contributed by atoms with E-state index in [-0.39, 0.29) is 40.3 Å². The van der Waals surface area contributed by atoms with E-state index in [4.69, 9.17) is 4.74 Å². The molecule has 1 saturated carbocycles. The first-order valence-electron chi connectivity index (χ1n) is 8.98. The van der Waals surface area contributed by atoms with Crippen LogP contribution in [-0.2, 0) is 9.53 Å². The van der Waals surface area contributed by atoms with Crippen molar-refractivity contribution in [3.8, 4) is 5.88 Å². The average molecular weight is 367 g/mol. The van der Waals surface area contributed by atoms with Crippen molar-refractivity contribution >= 4 is 17.7 Å². The summed E-state index contributed by atoms with van der Waals surface area (Å²) in [6.45, 7) is 1.27. The van der Waals surface area contributed by atoms with E-state index in [0.717, 1.165) is 56.9 Å². The predicted octanol–water partition coefficient (Wildman–Crippen LogP) is 1.91. The topological polar surface area (TPSA) is 104 Å². The van der Waals surface area contributed by atoms with Crippen molar-refractivity contribution in [2.75, 3.05) is 18.9 Å². The maximum Gasteiger partial charge on any atom is 0.258 e. The van der Waals surface area contributed by atoms with Crippen molar-refractivity contribution in [2.45, 2.75) is 62.1 Å². The number of aromatic amines is 1. The van der Waals surface area contributed by atoms with Crippen LogP contribution in [0.5, 0.6) is 5.88 Å². The number of nitrogens with one attached hydrogen (secondary N) is 2. The van der Waals surface area contributed by atoms with Gasteiger partial charge < -0.3 is 20.1 Å². The lowest BCUT2D eigenvalue weighted by Crippen LogP contribution is -2.33. The third-order valence-electron chi connectivity index (χ3n) is 4.82. The van der Waals surface area contributed by atoms with Gasteiger partial charge in [0, 0.05) is 13.2 Å². The molecule has 2 heterocycles. The van der Waals surface area contributed by atoms with Crippen molar-refractivity contribution in [2.24, 2.45) is 0 Å². The number of hydrogen-bond acceptors (Lipinski definition) is 6. The van der Waals surface area contributed by atoms with Gasteiger partial charge in [0.25, 0.3) is 5.56 Å². The molecule has 2 aliphatic rings. The summed E-state index contributed by atoms with van der Waals surface area (Å²) in [5.41, 5.74) is 0.105. The highest BCUT2D eigenvalue weighted by atomic mass is 32.2. The Labute approximate surface area is 151 Å². The highest BCUT2D eigenvalue weighted by molar-refractivity contribution is 7.99. The summed E-state index contributed by atoms with van der Waals surface area (Å²) in [4.78, 5) is 31.0. The summed E-state index contributed by atoms with van der Waals surface area (Å²) in [5.74, 6) is -0.117. The number of aromatic nitrogens is 2. The van der Waals surface area contributed by atoms with Crippen LogP contribution < -0.4 is 10.9 Å². The minimum Gasteiger partial charge on any atom is -0.493 e. The molecule has 3 rings (SSSR count). The van der Waals surface area contributed by atoms with Crippen LogP contribution in [0.25, 0.3) is 0 Å². The van der Waals surface area contributed by atoms with Gasteiger partial charge in [-0.1, -0.05) is 31.0 Å². The van der Waals surface area contributed by atoms with Gasteiger partial charge in [0.1, 0.15) is 0 Å². The van der Waals surface area contributed by atoms with E-state index in [1.807, 2.05) is 0 Å². The van der Waals surface area contributed by atoms with E-state index in [1.165, 1.54) is 6.42 Å². The highest BCUT2D eigenvalue weighted by Gasteiger charge is 2.23. The van der Waals surface area contributed by atoms with Crippen LogP contribution in [0.3, 0.4) is 0 Å². The predicted molar refractivity (Wildman–Crippen MR) is 95.1 cm³/mol. The van der Waals surface area contributed by atoms with E-state index in [9.17, 15) is 14.7 Å². The molecule has 25 heavy (non-hydrogen) atoms.